The Balaban J connectivity index is 1.56. The molecular weight excluding hydrogens is 514 g/mol. The van der Waals surface area contributed by atoms with Crippen molar-refractivity contribution in [3.63, 3.8) is 0 Å². The van der Waals surface area contributed by atoms with Crippen LogP contribution in [0, 0.1) is 12.9 Å². The molecule has 5 rings (SSSR count). The van der Waals surface area contributed by atoms with Gasteiger partial charge in [-0.05, 0) is 37.3 Å². The molecule has 0 spiro atoms. The zero-order valence-corrected chi connectivity index (χ0v) is 19.7. The van der Waals surface area contributed by atoms with E-state index in [-0.39, 0.29) is 28.6 Å². The lowest BCUT2D eigenvalue weighted by Gasteiger charge is -2.13. The summed E-state index contributed by atoms with van der Waals surface area (Å²) in [4.78, 5) is 24.5. The van der Waals surface area contributed by atoms with Crippen LogP contribution < -0.4 is 5.32 Å². The second kappa shape index (κ2) is 9.28. The predicted molar refractivity (Wildman–Crippen MR) is 128 cm³/mol. The summed E-state index contributed by atoms with van der Waals surface area (Å²) in [6.07, 6.45) is -1.94. The first kappa shape index (κ1) is 24.4. The van der Waals surface area contributed by atoms with Crippen LogP contribution in [-0.4, -0.2) is 41.2 Å². The first-order valence-electron chi connectivity index (χ1n) is 10.8. The summed E-state index contributed by atoms with van der Waals surface area (Å²) < 4.78 is 56.1. The molecule has 8 nitrogen and oxygen atoms in total. The Hall–Kier alpha value is -4.32. The summed E-state index contributed by atoms with van der Waals surface area (Å²) in [6.45, 7) is 0.224. The van der Waals surface area contributed by atoms with Crippen molar-refractivity contribution in [1.29, 1.82) is 0 Å². The molecule has 13 heteroatoms. The molecule has 0 radical (unpaired) electrons. The highest BCUT2D eigenvalue weighted by molar-refractivity contribution is 6.30. The number of aromatic nitrogens is 6. The van der Waals surface area contributed by atoms with Crippen molar-refractivity contribution in [2.45, 2.75) is 19.6 Å². The number of carbonyl (C=O) groups is 1. The Kier molecular flexibility index (Phi) is 6.12. The summed E-state index contributed by atoms with van der Waals surface area (Å²) in [6, 6.07) is 12.0. The first-order chi connectivity index (χ1) is 17.6. The van der Waals surface area contributed by atoms with E-state index in [4.69, 9.17) is 11.6 Å². The lowest BCUT2D eigenvalue weighted by molar-refractivity contribution is -0.140. The van der Waals surface area contributed by atoms with Crippen LogP contribution >= 0.6 is 11.6 Å². The van der Waals surface area contributed by atoms with E-state index >= 15 is 0 Å². The highest BCUT2D eigenvalue weighted by Gasteiger charge is 2.32. The molecule has 0 aliphatic heterocycles. The SMILES string of the molecule is Cc1nc(-c2ccc(Cl)cc2)c(-c2ccc3nc(NC(=O)c4ccnc(F)c4)cn3n2)n1CC(F)(F)F. The first-order valence-corrected chi connectivity index (χ1v) is 11.1. The summed E-state index contributed by atoms with van der Waals surface area (Å²) in [5.41, 5.74) is 1.59. The van der Waals surface area contributed by atoms with Gasteiger partial charge in [0.05, 0.1) is 17.6 Å². The van der Waals surface area contributed by atoms with E-state index < -0.39 is 24.6 Å². The van der Waals surface area contributed by atoms with Crippen LogP contribution in [-0.2, 0) is 6.54 Å². The van der Waals surface area contributed by atoms with Crippen molar-refractivity contribution in [2.75, 3.05) is 5.32 Å². The highest BCUT2D eigenvalue weighted by Crippen LogP contribution is 2.34. The Morgan fingerprint density at radius 3 is 2.54 bits per heavy atom. The second-order valence-electron chi connectivity index (χ2n) is 8.03. The van der Waals surface area contributed by atoms with E-state index in [2.05, 4.69) is 25.4 Å². The molecule has 0 aliphatic carbocycles. The number of fused-ring (bicyclic) bond motifs is 1. The number of nitrogens with one attached hydrogen (secondary N) is 1. The monoisotopic (exact) mass is 529 g/mol. The molecule has 4 heterocycles. The van der Waals surface area contributed by atoms with Crippen LogP contribution in [0.3, 0.4) is 0 Å². The number of hydrogen-bond acceptors (Lipinski definition) is 5. The number of nitrogens with zero attached hydrogens (tertiary/aromatic N) is 6. The molecule has 1 amide bonds. The topological polar surface area (TPSA) is 90.0 Å². The van der Waals surface area contributed by atoms with Crippen LogP contribution in [0.25, 0.3) is 28.3 Å². The van der Waals surface area contributed by atoms with Gasteiger partial charge in [-0.25, -0.2) is 19.5 Å². The van der Waals surface area contributed by atoms with Crippen molar-refractivity contribution >= 4 is 29.0 Å². The third-order valence-electron chi connectivity index (χ3n) is 5.41. The maximum Gasteiger partial charge on any atom is 0.406 e. The number of pyridine rings is 1. The molecule has 0 aliphatic rings. The fraction of sp³-hybridized carbons (Fsp3) is 0.125. The molecule has 4 aromatic heterocycles. The maximum absolute atomic E-state index is 13.5. The van der Waals surface area contributed by atoms with Crippen LogP contribution in [0.4, 0.5) is 23.4 Å². The molecule has 5 aromatic rings. The van der Waals surface area contributed by atoms with Gasteiger partial charge in [0.1, 0.15) is 18.1 Å². The van der Waals surface area contributed by atoms with Gasteiger partial charge in [0.15, 0.2) is 11.5 Å². The summed E-state index contributed by atoms with van der Waals surface area (Å²) in [7, 11) is 0. The van der Waals surface area contributed by atoms with Gasteiger partial charge in [-0.2, -0.15) is 22.7 Å². The summed E-state index contributed by atoms with van der Waals surface area (Å²) in [5.74, 6) is -1.16. The number of carbonyl (C=O) groups excluding carboxylic acids is 1. The molecule has 0 unspecified atom stereocenters. The Morgan fingerprint density at radius 2 is 1.84 bits per heavy atom. The zero-order valence-electron chi connectivity index (χ0n) is 19.0. The Bertz CT molecular complexity index is 1630. The van der Waals surface area contributed by atoms with Crippen molar-refractivity contribution in [3.8, 4) is 22.6 Å². The number of benzene rings is 1. The van der Waals surface area contributed by atoms with Crippen LogP contribution in [0.1, 0.15) is 16.2 Å². The maximum atomic E-state index is 13.5. The normalized spacial score (nSPS) is 11.7. The van der Waals surface area contributed by atoms with E-state index in [0.717, 1.165) is 16.8 Å². The van der Waals surface area contributed by atoms with E-state index in [0.29, 0.717) is 21.9 Å². The number of halogens is 5. The van der Waals surface area contributed by atoms with Crippen molar-refractivity contribution in [1.82, 2.24) is 29.1 Å². The molecule has 1 N–H and O–H groups in total. The van der Waals surface area contributed by atoms with Crippen molar-refractivity contribution in [3.05, 3.63) is 83.3 Å². The number of anilines is 1. The molecule has 0 bridgehead atoms. The van der Waals surface area contributed by atoms with E-state index in [1.807, 2.05) is 0 Å². The average molecular weight is 530 g/mol. The molecule has 0 saturated carbocycles. The minimum atomic E-state index is -4.50. The fourth-order valence-corrected chi connectivity index (χ4v) is 3.93. The average Bonchev–Trinajstić information content (AvgIpc) is 3.38. The molecular formula is C24H16ClF4N7O. The quantitative estimate of drug-likeness (QED) is 0.237. The third kappa shape index (κ3) is 5.14. The van der Waals surface area contributed by atoms with Gasteiger partial charge < -0.3 is 9.88 Å². The zero-order chi connectivity index (χ0) is 26.3. The summed E-state index contributed by atoms with van der Waals surface area (Å²) in [5, 5.41) is 7.46. The molecule has 37 heavy (non-hydrogen) atoms. The summed E-state index contributed by atoms with van der Waals surface area (Å²) >= 11 is 5.98. The van der Waals surface area contributed by atoms with Crippen molar-refractivity contribution < 1.29 is 22.4 Å². The lowest BCUT2D eigenvalue weighted by Crippen LogP contribution is -2.19. The minimum Gasteiger partial charge on any atom is -0.317 e. The van der Waals surface area contributed by atoms with Gasteiger partial charge in [-0.3, -0.25) is 4.79 Å². The number of alkyl halides is 3. The third-order valence-corrected chi connectivity index (χ3v) is 5.66. The molecule has 188 valence electrons. The number of imidazole rings is 2. The standard InChI is InChI=1S/C24H16ClF4N7O/c1-13-31-21(14-2-4-16(25)5-3-14)22(35(13)12-24(27,28)29)17-6-7-20-32-19(11-36(20)34-17)33-23(37)15-8-9-30-18(26)10-15/h2-11H,12H2,1H3,(H,33,37). The van der Waals surface area contributed by atoms with E-state index in [1.165, 1.54) is 29.8 Å². The fourth-order valence-electron chi connectivity index (χ4n) is 3.81. The molecule has 0 fully saturated rings. The Morgan fingerprint density at radius 1 is 1.08 bits per heavy atom. The smallest absolute Gasteiger partial charge is 0.317 e. The Labute approximate surface area is 211 Å². The number of rotatable bonds is 5. The number of amides is 1. The minimum absolute atomic E-state index is 0.0392. The van der Waals surface area contributed by atoms with Crippen molar-refractivity contribution in [2.24, 2.45) is 0 Å². The van der Waals surface area contributed by atoms with Gasteiger partial charge >= 0.3 is 6.18 Å². The molecule has 1 aromatic carbocycles. The van der Waals surface area contributed by atoms with Crippen LogP contribution in [0.5, 0.6) is 0 Å². The van der Waals surface area contributed by atoms with Gasteiger partial charge in [0.2, 0.25) is 5.95 Å². The van der Waals surface area contributed by atoms with Gasteiger partial charge in [0, 0.05) is 28.4 Å². The largest absolute Gasteiger partial charge is 0.406 e. The van der Waals surface area contributed by atoms with Gasteiger partial charge in [-0.1, -0.05) is 23.7 Å². The highest BCUT2D eigenvalue weighted by atomic mass is 35.5. The molecule has 0 atom stereocenters. The number of aryl methyl sites for hydroxylation is 1. The predicted octanol–water partition coefficient (Wildman–Crippen LogP) is 5.57. The van der Waals surface area contributed by atoms with Gasteiger partial charge in [0.25, 0.3) is 5.91 Å². The lowest BCUT2D eigenvalue weighted by atomic mass is 10.1. The van der Waals surface area contributed by atoms with E-state index in [1.54, 1.807) is 30.3 Å². The van der Waals surface area contributed by atoms with Gasteiger partial charge in [-0.15, -0.1) is 0 Å². The van der Waals surface area contributed by atoms with E-state index in [9.17, 15) is 22.4 Å². The number of hydrogen-bond donors (Lipinski definition) is 1. The van der Waals surface area contributed by atoms with Crippen LogP contribution in [0.2, 0.25) is 5.02 Å². The molecule has 0 saturated heterocycles. The second-order valence-corrected chi connectivity index (χ2v) is 8.47. The van der Waals surface area contributed by atoms with Crippen LogP contribution in [0.15, 0.2) is 60.9 Å².